The van der Waals surface area contributed by atoms with E-state index in [1.165, 1.54) is 6.26 Å². The molecule has 0 saturated heterocycles. The lowest BCUT2D eigenvalue weighted by Gasteiger charge is -1.99. The Morgan fingerprint density at radius 3 is 2.65 bits per heavy atom. The van der Waals surface area contributed by atoms with E-state index in [1.807, 2.05) is 37.3 Å². The fourth-order valence-electron chi connectivity index (χ4n) is 1.57. The third-order valence-electron chi connectivity index (χ3n) is 2.46. The number of carbonyl (C=O) groups excluding carboxylic acids is 1. The molecule has 0 unspecified atom stereocenters. The fraction of sp³-hybridized carbons (Fsp3) is 0.0769. The second kappa shape index (κ2) is 4.54. The van der Waals surface area contributed by atoms with Crippen molar-refractivity contribution in [3.8, 4) is 17.2 Å². The smallest absolute Gasteiger partial charge is 0.217 e. The highest BCUT2D eigenvalue weighted by Crippen LogP contribution is 2.30. The van der Waals surface area contributed by atoms with Gasteiger partial charge in [-0.2, -0.15) is 5.26 Å². The molecule has 0 spiro atoms. The molecule has 0 bridgehead atoms. The van der Waals surface area contributed by atoms with Crippen molar-refractivity contribution >= 4 is 12.3 Å². The maximum absolute atomic E-state index is 10.4. The normalized spacial score (nSPS) is 9.65. The molecule has 2 aromatic rings. The molecule has 2 rings (SSSR count). The molecule has 0 aliphatic heterocycles. The van der Waals surface area contributed by atoms with E-state index in [0.29, 0.717) is 17.5 Å². The highest BCUT2D eigenvalue weighted by molar-refractivity contribution is 5.80. The van der Waals surface area contributed by atoms with Crippen molar-refractivity contribution < 1.29 is 9.21 Å². The Morgan fingerprint density at radius 2 is 2.06 bits per heavy atom. The molecule has 1 heterocycles. The molecule has 0 aliphatic carbocycles. The minimum Gasteiger partial charge on any atom is -0.446 e. The van der Waals surface area contributed by atoms with E-state index in [9.17, 15) is 4.79 Å². The van der Waals surface area contributed by atoms with Crippen molar-refractivity contribution in [2.75, 3.05) is 5.32 Å². The summed E-state index contributed by atoms with van der Waals surface area (Å²) in [6.07, 6.45) is 1.95. The molecule has 0 fully saturated rings. The van der Waals surface area contributed by atoms with Crippen LogP contribution < -0.4 is 5.32 Å². The molecule has 1 aromatic carbocycles. The Morgan fingerprint density at radius 1 is 1.35 bits per heavy atom. The number of amides is 1. The molecule has 0 radical (unpaired) electrons. The maximum Gasteiger partial charge on any atom is 0.217 e. The second-order valence-corrected chi connectivity index (χ2v) is 3.59. The number of nitrogens with zero attached hydrogens (tertiary/aromatic N) is 1. The zero-order valence-electron chi connectivity index (χ0n) is 9.23. The highest BCUT2D eigenvalue weighted by atomic mass is 16.3. The van der Waals surface area contributed by atoms with Gasteiger partial charge in [0.2, 0.25) is 12.3 Å². The van der Waals surface area contributed by atoms with Gasteiger partial charge in [0.25, 0.3) is 0 Å². The Hall–Kier alpha value is -2.54. The van der Waals surface area contributed by atoms with Gasteiger partial charge in [-0.15, -0.1) is 0 Å². The van der Waals surface area contributed by atoms with Gasteiger partial charge < -0.3 is 4.42 Å². The summed E-state index contributed by atoms with van der Waals surface area (Å²) in [6, 6.07) is 9.75. The van der Waals surface area contributed by atoms with E-state index in [-0.39, 0.29) is 5.88 Å². The minimum atomic E-state index is 0.179. The first-order valence-corrected chi connectivity index (χ1v) is 5.05. The van der Waals surface area contributed by atoms with E-state index in [4.69, 9.17) is 9.68 Å². The molecule has 4 heteroatoms. The van der Waals surface area contributed by atoms with Gasteiger partial charge in [0.15, 0.2) is 0 Å². The topological polar surface area (TPSA) is 66.0 Å². The molecule has 4 nitrogen and oxygen atoms in total. The van der Waals surface area contributed by atoms with Crippen LogP contribution in [-0.2, 0) is 4.79 Å². The molecule has 1 N–H and O–H groups in total. The number of anilines is 1. The van der Waals surface area contributed by atoms with Gasteiger partial charge in [-0.3, -0.25) is 10.1 Å². The summed E-state index contributed by atoms with van der Waals surface area (Å²) in [5.41, 5.74) is 3.04. The molecule has 0 atom stereocenters. The Labute approximate surface area is 98.5 Å². The van der Waals surface area contributed by atoms with Crippen molar-refractivity contribution in [3.63, 3.8) is 0 Å². The summed E-state index contributed by atoms with van der Waals surface area (Å²) < 4.78 is 5.15. The van der Waals surface area contributed by atoms with Crippen LogP contribution in [-0.4, -0.2) is 6.41 Å². The number of benzene rings is 1. The summed E-state index contributed by atoms with van der Waals surface area (Å²) >= 11 is 0. The van der Waals surface area contributed by atoms with E-state index >= 15 is 0 Å². The van der Waals surface area contributed by atoms with Gasteiger partial charge in [0, 0.05) is 5.56 Å². The number of nitriles is 1. The zero-order chi connectivity index (χ0) is 12.3. The van der Waals surface area contributed by atoms with E-state index < -0.39 is 0 Å². The van der Waals surface area contributed by atoms with Crippen molar-refractivity contribution in [1.82, 2.24) is 0 Å². The third-order valence-corrected chi connectivity index (χ3v) is 2.46. The predicted molar refractivity (Wildman–Crippen MR) is 63.3 cm³/mol. The van der Waals surface area contributed by atoms with Crippen LogP contribution in [0.2, 0.25) is 0 Å². The standard InChI is InChI=1S/C13H10N2O2/c1-9-2-4-10(5-3-9)12-7-17-13(15-8-16)11(12)6-14/h2-5,7-8H,1H3,(H,15,16). The lowest BCUT2D eigenvalue weighted by molar-refractivity contribution is -0.105. The number of nitrogens with one attached hydrogen (secondary N) is 1. The summed E-state index contributed by atoms with van der Waals surface area (Å²) in [4.78, 5) is 10.4. The monoisotopic (exact) mass is 226 g/mol. The van der Waals surface area contributed by atoms with Crippen molar-refractivity contribution in [2.24, 2.45) is 0 Å². The Balaban J connectivity index is 2.49. The number of furan rings is 1. The van der Waals surface area contributed by atoms with Gasteiger partial charge in [0.05, 0.1) is 0 Å². The first-order valence-electron chi connectivity index (χ1n) is 5.05. The van der Waals surface area contributed by atoms with E-state index in [0.717, 1.165) is 11.1 Å². The molecule has 1 amide bonds. The van der Waals surface area contributed by atoms with Gasteiger partial charge in [-0.1, -0.05) is 29.8 Å². The highest BCUT2D eigenvalue weighted by Gasteiger charge is 2.14. The SMILES string of the molecule is Cc1ccc(-c2coc(NC=O)c2C#N)cc1. The van der Waals surface area contributed by atoms with E-state index in [2.05, 4.69) is 5.32 Å². The first-order chi connectivity index (χ1) is 8.26. The van der Waals surface area contributed by atoms with Crippen molar-refractivity contribution in [3.05, 3.63) is 41.7 Å². The van der Waals surface area contributed by atoms with Gasteiger partial charge >= 0.3 is 0 Å². The quantitative estimate of drug-likeness (QED) is 0.818. The van der Waals surface area contributed by atoms with Crippen LogP contribution in [0.1, 0.15) is 11.1 Å². The summed E-state index contributed by atoms with van der Waals surface area (Å²) in [5.74, 6) is 0.179. The average molecular weight is 226 g/mol. The summed E-state index contributed by atoms with van der Waals surface area (Å²) in [5, 5.41) is 11.4. The first kappa shape index (κ1) is 11.0. The Bertz CT molecular complexity index is 576. The lowest BCUT2D eigenvalue weighted by Crippen LogP contribution is -1.94. The molecule has 0 aliphatic rings. The lowest BCUT2D eigenvalue weighted by atomic mass is 10.0. The predicted octanol–water partition coefficient (Wildman–Crippen LogP) is 2.70. The van der Waals surface area contributed by atoms with Crippen LogP contribution >= 0.6 is 0 Å². The molecule has 84 valence electrons. The van der Waals surface area contributed by atoms with Crippen LogP contribution in [0, 0.1) is 18.3 Å². The molecule has 1 aromatic heterocycles. The maximum atomic E-state index is 10.4. The second-order valence-electron chi connectivity index (χ2n) is 3.59. The third kappa shape index (κ3) is 2.04. The number of carbonyl (C=O) groups is 1. The summed E-state index contributed by atoms with van der Waals surface area (Å²) in [6.45, 7) is 1.99. The van der Waals surface area contributed by atoms with Crippen LogP contribution in [0.15, 0.2) is 34.9 Å². The van der Waals surface area contributed by atoms with Crippen LogP contribution in [0.3, 0.4) is 0 Å². The fourth-order valence-corrected chi connectivity index (χ4v) is 1.57. The molecular weight excluding hydrogens is 216 g/mol. The zero-order valence-corrected chi connectivity index (χ0v) is 9.23. The summed E-state index contributed by atoms with van der Waals surface area (Å²) in [7, 11) is 0. The van der Waals surface area contributed by atoms with E-state index in [1.54, 1.807) is 0 Å². The van der Waals surface area contributed by atoms with Crippen LogP contribution in [0.25, 0.3) is 11.1 Å². The Kier molecular flexibility index (Phi) is 2.93. The molecular formula is C13H10N2O2. The minimum absolute atomic E-state index is 0.179. The van der Waals surface area contributed by atoms with Crippen LogP contribution in [0.5, 0.6) is 0 Å². The number of rotatable bonds is 3. The number of hydrogen-bond acceptors (Lipinski definition) is 3. The molecule has 0 saturated carbocycles. The van der Waals surface area contributed by atoms with Crippen LogP contribution in [0.4, 0.5) is 5.88 Å². The van der Waals surface area contributed by atoms with Crippen molar-refractivity contribution in [2.45, 2.75) is 6.92 Å². The largest absolute Gasteiger partial charge is 0.446 e. The van der Waals surface area contributed by atoms with Gasteiger partial charge in [-0.25, -0.2) is 0 Å². The van der Waals surface area contributed by atoms with Crippen molar-refractivity contribution in [1.29, 1.82) is 5.26 Å². The molecule has 17 heavy (non-hydrogen) atoms. The van der Waals surface area contributed by atoms with Gasteiger partial charge in [0.1, 0.15) is 17.9 Å². The average Bonchev–Trinajstić information content (AvgIpc) is 2.73. The van der Waals surface area contributed by atoms with Gasteiger partial charge in [-0.05, 0) is 12.5 Å². The number of hydrogen-bond donors (Lipinski definition) is 1. The number of aryl methyl sites for hydroxylation is 1.